The van der Waals surface area contributed by atoms with Crippen LogP contribution in [-0.4, -0.2) is 7.05 Å². The first-order valence-corrected chi connectivity index (χ1v) is 5.24. The average Bonchev–Trinajstić information content (AvgIpc) is 2.65. The van der Waals surface area contributed by atoms with Crippen LogP contribution >= 0.6 is 0 Å². The summed E-state index contributed by atoms with van der Waals surface area (Å²) in [4.78, 5) is 0. The highest BCUT2D eigenvalue weighted by Crippen LogP contribution is 2.26. The maximum atomic E-state index is 5.40. The lowest BCUT2D eigenvalue weighted by atomic mass is 9.97. The molecule has 0 amide bonds. The highest BCUT2D eigenvalue weighted by Gasteiger charge is 2.15. The van der Waals surface area contributed by atoms with Crippen LogP contribution < -0.4 is 5.32 Å². The molecule has 2 heteroatoms. The third-order valence-corrected chi connectivity index (χ3v) is 2.86. The maximum Gasteiger partial charge on any atom is 0.0725 e. The Balaban J connectivity index is 2.32. The molecule has 1 aliphatic heterocycles. The first-order valence-electron chi connectivity index (χ1n) is 5.24. The Morgan fingerprint density at radius 2 is 2.13 bits per heavy atom. The SMILES string of the molecule is C=C(C)C(NC)c1ccc2c(c1)COC2. The third kappa shape index (κ3) is 1.96. The molecule has 1 N–H and O–H groups in total. The Morgan fingerprint density at radius 3 is 2.80 bits per heavy atom. The first-order chi connectivity index (χ1) is 7.22. The quantitative estimate of drug-likeness (QED) is 0.762. The summed E-state index contributed by atoms with van der Waals surface area (Å²) >= 11 is 0. The Bertz CT molecular complexity index is 384. The molecular formula is C13H17NO. The third-order valence-electron chi connectivity index (χ3n) is 2.86. The van der Waals surface area contributed by atoms with Crippen molar-refractivity contribution in [2.24, 2.45) is 0 Å². The summed E-state index contributed by atoms with van der Waals surface area (Å²) in [5.41, 5.74) is 5.04. The molecule has 0 radical (unpaired) electrons. The molecule has 0 saturated heterocycles. The predicted molar refractivity (Wildman–Crippen MR) is 61.5 cm³/mol. The van der Waals surface area contributed by atoms with E-state index in [4.69, 9.17) is 4.74 Å². The van der Waals surface area contributed by atoms with Gasteiger partial charge in [0.1, 0.15) is 0 Å². The zero-order valence-corrected chi connectivity index (χ0v) is 9.34. The fourth-order valence-corrected chi connectivity index (χ4v) is 2.07. The summed E-state index contributed by atoms with van der Waals surface area (Å²) in [5.74, 6) is 0. The van der Waals surface area contributed by atoms with Gasteiger partial charge in [-0.2, -0.15) is 0 Å². The van der Waals surface area contributed by atoms with Gasteiger partial charge in [0.2, 0.25) is 0 Å². The van der Waals surface area contributed by atoms with E-state index >= 15 is 0 Å². The topological polar surface area (TPSA) is 21.3 Å². The minimum absolute atomic E-state index is 0.246. The van der Waals surface area contributed by atoms with E-state index in [1.807, 2.05) is 14.0 Å². The van der Waals surface area contributed by atoms with Crippen LogP contribution in [0.15, 0.2) is 30.4 Å². The van der Waals surface area contributed by atoms with Crippen molar-refractivity contribution >= 4 is 0 Å². The molecule has 0 aromatic heterocycles. The number of ether oxygens (including phenoxy) is 1. The molecule has 0 spiro atoms. The van der Waals surface area contributed by atoms with Crippen LogP contribution in [0.2, 0.25) is 0 Å². The number of hydrogen-bond acceptors (Lipinski definition) is 2. The molecule has 0 bridgehead atoms. The lowest BCUT2D eigenvalue weighted by Gasteiger charge is -2.17. The molecule has 0 aliphatic carbocycles. The number of fused-ring (bicyclic) bond motifs is 1. The summed E-state index contributed by atoms with van der Waals surface area (Å²) in [6.07, 6.45) is 0. The van der Waals surface area contributed by atoms with E-state index in [2.05, 4.69) is 30.1 Å². The van der Waals surface area contributed by atoms with Gasteiger partial charge < -0.3 is 10.1 Å². The lowest BCUT2D eigenvalue weighted by Crippen LogP contribution is -2.17. The summed E-state index contributed by atoms with van der Waals surface area (Å²) in [6.45, 7) is 7.55. The summed E-state index contributed by atoms with van der Waals surface area (Å²) in [7, 11) is 1.96. The second-order valence-electron chi connectivity index (χ2n) is 4.09. The van der Waals surface area contributed by atoms with Crippen molar-refractivity contribution < 1.29 is 4.74 Å². The molecule has 1 heterocycles. The summed E-state index contributed by atoms with van der Waals surface area (Å²) in [6, 6.07) is 6.78. The Kier molecular flexibility index (Phi) is 2.89. The standard InChI is InChI=1S/C13H17NO/c1-9(2)13(14-3)10-4-5-11-7-15-8-12(11)6-10/h4-6,13-14H,1,7-8H2,2-3H3. The highest BCUT2D eigenvalue weighted by atomic mass is 16.5. The Morgan fingerprint density at radius 1 is 1.40 bits per heavy atom. The van der Waals surface area contributed by atoms with Crippen molar-refractivity contribution in [3.8, 4) is 0 Å². The van der Waals surface area contributed by atoms with Crippen LogP contribution in [-0.2, 0) is 18.0 Å². The van der Waals surface area contributed by atoms with E-state index in [-0.39, 0.29) is 6.04 Å². The predicted octanol–water partition coefficient (Wildman–Crippen LogP) is 2.55. The zero-order valence-electron chi connectivity index (χ0n) is 9.34. The van der Waals surface area contributed by atoms with Gasteiger partial charge >= 0.3 is 0 Å². The molecule has 0 fully saturated rings. The lowest BCUT2D eigenvalue weighted by molar-refractivity contribution is 0.134. The van der Waals surface area contributed by atoms with Gasteiger partial charge in [0.05, 0.1) is 19.3 Å². The second-order valence-corrected chi connectivity index (χ2v) is 4.09. The van der Waals surface area contributed by atoms with E-state index in [1.165, 1.54) is 16.7 Å². The molecule has 2 nitrogen and oxygen atoms in total. The molecule has 1 unspecified atom stereocenters. The average molecular weight is 203 g/mol. The van der Waals surface area contributed by atoms with Gasteiger partial charge in [-0.1, -0.05) is 30.4 Å². The minimum Gasteiger partial charge on any atom is -0.372 e. The van der Waals surface area contributed by atoms with E-state index in [0.29, 0.717) is 0 Å². The number of rotatable bonds is 3. The fraction of sp³-hybridized carbons (Fsp3) is 0.385. The largest absolute Gasteiger partial charge is 0.372 e. The molecule has 0 saturated carbocycles. The van der Waals surface area contributed by atoms with Gasteiger partial charge in [-0.05, 0) is 30.7 Å². The van der Waals surface area contributed by atoms with Gasteiger partial charge in [-0.25, -0.2) is 0 Å². The molecule has 2 rings (SSSR count). The molecule has 1 atom stereocenters. The Hall–Kier alpha value is -1.12. The van der Waals surface area contributed by atoms with Crippen molar-refractivity contribution in [1.82, 2.24) is 5.32 Å². The molecule has 1 aromatic carbocycles. The smallest absolute Gasteiger partial charge is 0.0725 e. The summed E-state index contributed by atoms with van der Waals surface area (Å²) < 4.78 is 5.40. The van der Waals surface area contributed by atoms with Crippen LogP contribution in [0.25, 0.3) is 0 Å². The molecule has 80 valence electrons. The second kappa shape index (κ2) is 4.17. The van der Waals surface area contributed by atoms with Gasteiger partial charge in [-0.3, -0.25) is 0 Å². The zero-order chi connectivity index (χ0) is 10.8. The highest BCUT2D eigenvalue weighted by molar-refractivity contribution is 5.36. The van der Waals surface area contributed by atoms with Gasteiger partial charge in [0, 0.05) is 0 Å². The molecule has 1 aromatic rings. The monoisotopic (exact) mass is 203 g/mol. The van der Waals surface area contributed by atoms with Crippen LogP contribution in [0.4, 0.5) is 0 Å². The van der Waals surface area contributed by atoms with Crippen LogP contribution in [0.3, 0.4) is 0 Å². The van der Waals surface area contributed by atoms with Gasteiger partial charge in [0.15, 0.2) is 0 Å². The van der Waals surface area contributed by atoms with Gasteiger partial charge in [-0.15, -0.1) is 0 Å². The van der Waals surface area contributed by atoms with Gasteiger partial charge in [0.25, 0.3) is 0 Å². The van der Waals surface area contributed by atoms with E-state index in [0.717, 1.165) is 18.8 Å². The number of benzene rings is 1. The van der Waals surface area contributed by atoms with Crippen LogP contribution in [0, 0.1) is 0 Å². The first kappa shape index (κ1) is 10.4. The van der Waals surface area contributed by atoms with Crippen molar-refractivity contribution in [3.63, 3.8) is 0 Å². The molecule has 15 heavy (non-hydrogen) atoms. The van der Waals surface area contributed by atoms with Crippen molar-refractivity contribution in [2.75, 3.05) is 7.05 Å². The minimum atomic E-state index is 0.246. The van der Waals surface area contributed by atoms with Crippen molar-refractivity contribution in [2.45, 2.75) is 26.2 Å². The van der Waals surface area contributed by atoms with E-state index in [1.54, 1.807) is 0 Å². The number of nitrogens with one attached hydrogen (secondary N) is 1. The molecular weight excluding hydrogens is 186 g/mol. The Labute approximate surface area is 91.0 Å². The summed E-state index contributed by atoms with van der Waals surface area (Å²) in [5, 5.41) is 3.27. The van der Waals surface area contributed by atoms with Crippen LogP contribution in [0.5, 0.6) is 0 Å². The fourth-order valence-electron chi connectivity index (χ4n) is 2.07. The van der Waals surface area contributed by atoms with E-state index in [9.17, 15) is 0 Å². The van der Waals surface area contributed by atoms with Crippen molar-refractivity contribution in [3.05, 3.63) is 47.0 Å². The van der Waals surface area contributed by atoms with E-state index < -0.39 is 0 Å². The number of hydrogen-bond donors (Lipinski definition) is 1. The van der Waals surface area contributed by atoms with Crippen LogP contribution in [0.1, 0.15) is 29.7 Å². The number of likely N-dealkylation sites (N-methyl/N-ethyl adjacent to an activating group) is 1. The molecule has 1 aliphatic rings. The maximum absolute atomic E-state index is 5.40. The van der Waals surface area contributed by atoms with Crippen molar-refractivity contribution in [1.29, 1.82) is 0 Å². The normalized spacial score (nSPS) is 16.1.